The maximum Gasteiger partial charge on any atom is 0.270 e. The SMILES string of the molecule is CC(N)c1nc(C(=O)NCC2(N(C)C)CCCCC2)cs1. The van der Waals surface area contributed by atoms with E-state index < -0.39 is 0 Å². The lowest BCUT2D eigenvalue weighted by Gasteiger charge is -2.43. The van der Waals surface area contributed by atoms with Gasteiger partial charge < -0.3 is 16.0 Å². The molecule has 0 spiro atoms. The third-order valence-electron chi connectivity index (χ3n) is 4.46. The van der Waals surface area contributed by atoms with Gasteiger partial charge in [0.1, 0.15) is 10.7 Å². The Bertz CT molecular complexity index is 478. The molecule has 1 aromatic rings. The van der Waals surface area contributed by atoms with Crippen molar-refractivity contribution in [3.05, 3.63) is 16.1 Å². The number of likely N-dealkylation sites (N-methyl/N-ethyl adjacent to an activating group) is 1. The zero-order chi connectivity index (χ0) is 15.5. The highest BCUT2D eigenvalue weighted by atomic mass is 32.1. The Hall–Kier alpha value is -0.980. The smallest absolute Gasteiger partial charge is 0.270 e. The predicted molar refractivity (Wildman–Crippen MR) is 86.6 cm³/mol. The molecule has 1 aliphatic rings. The highest BCUT2D eigenvalue weighted by molar-refractivity contribution is 7.09. The number of rotatable bonds is 5. The molecule has 3 N–H and O–H groups in total. The summed E-state index contributed by atoms with van der Waals surface area (Å²) in [7, 11) is 4.21. The van der Waals surface area contributed by atoms with Crippen molar-refractivity contribution in [3.8, 4) is 0 Å². The van der Waals surface area contributed by atoms with Gasteiger partial charge in [0.25, 0.3) is 5.91 Å². The summed E-state index contributed by atoms with van der Waals surface area (Å²) in [6, 6.07) is -0.122. The average molecular weight is 310 g/mol. The first-order valence-electron chi connectivity index (χ1n) is 7.61. The lowest BCUT2D eigenvalue weighted by molar-refractivity contribution is 0.0796. The summed E-state index contributed by atoms with van der Waals surface area (Å²) in [5.74, 6) is -0.0926. The topological polar surface area (TPSA) is 71.2 Å². The van der Waals surface area contributed by atoms with E-state index in [1.54, 1.807) is 5.38 Å². The summed E-state index contributed by atoms with van der Waals surface area (Å²) >= 11 is 1.45. The Morgan fingerprint density at radius 3 is 2.67 bits per heavy atom. The first-order valence-corrected chi connectivity index (χ1v) is 8.49. The van der Waals surface area contributed by atoms with Gasteiger partial charge in [-0.25, -0.2) is 4.98 Å². The summed E-state index contributed by atoms with van der Waals surface area (Å²) in [4.78, 5) is 18.8. The Balaban J connectivity index is 1.98. The Morgan fingerprint density at radius 1 is 1.48 bits per heavy atom. The van der Waals surface area contributed by atoms with Crippen LogP contribution in [0.4, 0.5) is 0 Å². The minimum atomic E-state index is -0.122. The number of amides is 1. The van der Waals surface area contributed by atoms with Crippen molar-refractivity contribution in [3.63, 3.8) is 0 Å². The molecular weight excluding hydrogens is 284 g/mol. The predicted octanol–water partition coefficient (Wildman–Crippen LogP) is 2.16. The van der Waals surface area contributed by atoms with Crippen LogP contribution in [0, 0.1) is 0 Å². The molecule has 1 saturated carbocycles. The first kappa shape index (κ1) is 16.4. The fourth-order valence-electron chi connectivity index (χ4n) is 2.93. The molecule has 118 valence electrons. The third kappa shape index (κ3) is 3.81. The van der Waals surface area contributed by atoms with Gasteiger partial charge in [-0.1, -0.05) is 19.3 Å². The molecule has 5 nitrogen and oxygen atoms in total. The second-order valence-electron chi connectivity index (χ2n) is 6.22. The molecule has 1 aliphatic carbocycles. The number of carbonyl (C=O) groups is 1. The zero-order valence-electron chi connectivity index (χ0n) is 13.2. The molecule has 1 fully saturated rings. The minimum Gasteiger partial charge on any atom is -0.349 e. The van der Waals surface area contributed by atoms with E-state index in [1.165, 1.54) is 30.6 Å². The Kier molecular flexibility index (Phi) is 5.35. The fourth-order valence-corrected chi connectivity index (χ4v) is 3.69. The summed E-state index contributed by atoms with van der Waals surface area (Å²) in [5.41, 5.74) is 6.36. The van der Waals surface area contributed by atoms with Crippen LogP contribution < -0.4 is 11.1 Å². The van der Waals surface area contributed by atoms with Crippen molar-refractivity contribution in [2.45, 2.75) is 50.6 Å². The van der Waals surface area contributed by atoms with Crippen molar-refractivity contribution in [2.75, 3.05) is 20.6 Å². The molecule has 1 unspecified atom stereocenters. The minimum absolute atomic E-state index is 0.0912. The molecule has 0 saturated heterocycles. The molecular formula is C15H26N4OS. The van der Waals surface area contributed by atoms with Gasteiger partial charge in [0.15, 0.2) is 0 Å². The van der Waals surface area contributed by atoms with Crippen molar-refractivity contribution in [2.24, 2.45) is 5.73 Å². The van der Waals surface area contributed by atoms with E-state index in [9.17, 15) is 4.79 Å². The van der Waals surface area contributed by atoms with Crippen molar-refractivity contribution >= 4 is 17.2 Å². The zero-order valence-corrected chi connectivity index (χ0v) is 14.0. The van der Waals surface area contributed by atoms with Crippen LogP contribution in [0.2, 0.25) is 0 Å². The lowest BCUT2D eigenvalue weighted by atomic mass is 9.80. The number of carbonyl (C=O) groups excluding carboxylic acids is 1. The van der Waals surface area contributed by atoms with Gasteiger partial charge in [-0.05, 0) is 33.9 Å². The lowest BCUT2D eigenvalue weighted by Crippen LogP contribution is -2.53. The van der Waals surface area contributed by atoms with Crippen LogP contribution in [-0.2, 0) is 0 Å². The summed E-state index contributed by atoms with van der Waals surface area (Å²) < 4.78 is 0. The van der Waals surface area contributed by atoms with E-state index in [4.69, 9.17) is 5.73 Å². The molecule has 1 atom stereocenters. The standard InChI is InChI=1S/C15H26N4OS/c1-11(16)14-18-12(9-21-14)13(20)17-10-15(19(2)3)7-5-4-6-8-15/h9,11H,4-8,10,16H2,1-3H3,(H,17,20). The molecule has 2 rings (SSSR count). The molecule has 0 aromatic carbocycles. The number of aromatic nitrogens is 1. The maximum atomic E-state index is 12.3. The highest BCUT2D eigenvalue weighted by Gasteiger charge is 2.34. The summed E-state index contributed by atoms with van der Waals surface area (Å²) in [6.07, 6.45) is 6.05. The molecule has 1 heterocycles. The second kappa shape index (κ2) is 6.85. The molecule has 1 aromatic heterocycles. The highest BCUT2D eigenvalue weighted by Crippen LogP contribution is 2.31. The number of hydrogen-bond donors (Lipinski definition) is 2. The van der Waals surface area contributed by atoms with Crippen LogP contribution in [0.5, 0.6) is 0 Å². The molecule has 0 radical (unpaired) electrons. The van der Waals surface area contributed by atoms with Gasteiger partial charge in [0.2, 0.25) is 0 Å². The molecule has 0 bridgehead atoms. The molecule has 21 heavy (non-hydrogen) atoms. The van der Waals surface area contributed by atoms with Crippen molar-refractivity contribution < 1.29 is 4.79 Å². The van der Waals surface area contributed by atoms with E-state index in [0.29, 0.717) is 12.2 Å². The summed E-state index contributed by atoms with van der Waals surface area (Å²) in [5, 5.41) is 5.66. The number of nitrogens with zero attached hydrogens (tertiary/aromatic N) is 2. The van der Waals surface area contributed by atoms with Crippen molar-refractivity contribution in [1.29, 1.82) is 0 Å². The Labute approximate surface area is 130 Å². The van der Waals surface area contributed by atoms with E-state index in [1.807, 2.05) is 6.92 Å². The summed E-state index contributed by atoms with van der Waals surface area (Å²) in [6.45, 7) is 2.56. The van der Waals surface area contributed by atoms with Crippen LogP contribution >= 0.6 is 11.3 Å². The van der Waals surface area contributed by atoms with Crippen molar-refractivity contribution in [1.82, 2.24) is 15.2 Å². The van der Waals surface area contributed by atoms with Crippen LogP contribution in [0.15, 0.2) is 5.38 Å². The quantitative estimate of drug-likeness (QED) is 0.874. The second-order valence-corrected chi connectivity index (χ2v) is 7.11. The maximum absolute atomic E-state index is 12.3. The van der Waals surface area contributed by atoms with Crippen LogP contribution in [-0.4, -0.2) is 42.0 Å². The fraction of sp³-hybridized carbons (Fsp3) is 0.733. The normalized spacial score (nSPS) is 19.5. The molecule has 0 aliphatic heterocycles. The van der Waals surface area contributed by atoms with Gasteiger partial charge in [-0.15, -0.1) is 11.3 Å². The van der Waals surface area contributed by atoms with E-state index in [0.717, 1.165) is 17.8 Å². The van der Waals surface area contributed by atoms with E-state index >= 15 is 0 Å². The van der Waals surface area contributed by atoms with Gasteiger partial charge >= 0.3 is 0 Å². The largest absolute Gasteiger partial charge is 0.349 e. The van der Waals surface area contributed by atoms with Crippen LogP contribution in [0.25, 0.3) is 0 Å². The Morgan fingerprint density at radius 2 is 2.14 bits per heavy atom. The van der Waals surface area contributed by atoms with Crippen LogP contribution in [0.3, 0.4) is 0 Å². The first-order chi connectivity index (χ1) is 9.94. The van der Waals surface area contributed by atoms with Gasteiger partial charge in [0, 0.05) is 17.5 Å². The number of thiazole rings is 1. The average Bonchev–Trinajstić information content (AvgIpc) is 2.95. The number of nitrogens with one attached hydrogen (secondary N) is 1. The van der Waals surface area contributed by atoms with Gasteiger partial charge in [-0.2, -0.15) is 0 Å². The third-order valence-corrected chi connectivity index (χ3v) is 5.50. The molecule has 6 heteroatoms. The van der Waals surface area contributed by atoms with E-state index in [2.05, 4.69) is 29.3 Å². The van der Waals surface area contributed by atoms with Crippen LogP contribution in [0.1, 0.15) is 60.6 Å². The van der Waals surface area contributed by atoms with Gasteiger partial charge in [0.05, 0.1) is 6.04 Å². The number of nitrogens with two attached hydrogens (primary N) is 1. The molecule has 1 amide bonds. The van der Waals surface area contributed by atoms with E-state index in [-0.39, 0.29) is 17.5 Å². The van der Waals surface area contributed by atoms with Gasteiger partial charge in [-0.3, -0.25) is 4.79 Å². The number of hydrogen-bond acceptors (Lipinski definition) is 5. The monoisotopic (exact) mass is 310 g/mol.